The molecular weight excluding hydrogens is 490 g/mol. The van der Waals surface area contributed by atoms with Gasteiger partial charge in [-0.2, -0.15) is 5.06 Å². The number of hydrogen-bond acceptors (Lipinski definition) is 4. The third-order valence-corrected chi connectivity index (χ3v) is 7.64. The Balaban J connectivity index is 1.60. The van der Waals surface area contributed by atoms with E-state index in [-0.39, 0.29) is 17.7 Å². The number of carbonyl (C=O) groups is 3. The average Bonchev–Trinajstić information content (AvgIpc) is 2.85. The van der Waals surface area contributed by atoms with Gasteiger partial charge in [0, 0.05) is 12.1 Å². The minimum Gasteiger partial charge on any atom is -0.377 e. The number of nitrogens with zero attached hydrogens (tertiary/aromatic N) is 2. The maximum Gasteiger partial charge on any atom is 0.242 e. The highest BCUT2D eigenvalue weighted by molar-refractivity contribution is 6.09. The zero-order chi connectivity index (χ0) is 29.2. The van der Waals surface area contributed by atoms with Crippen LogP contribution >= 0.6 is 0 Å². The fourth-order valence-corrected chi connectivity index (χ4v) is 5.05. The van der Waals surface area contributed by atoms with Crippen LogP contribution in [-0.2, 0) is 14.4 Å². The quantitative estimate of drug-likeness (QED) is 0.0940. The lowest BCUT2D eigenvalue weighted by Crippen LogP contribution is -2.41. The molecule has 1 aliphatic carbocycles. The number of rotatable bonds is 16. The van der Waals surface area contributed by atoms with E-state index in [9.17, 15) is 14.4 Å². The Morgan fingerprint density at radius 1 is 1.05 bits per heavy atom. The first-order chi connectivity index (χ1) is 18.4. The minimum absolute atomic E-state index is 0.0337. The standard InChI is InChI=1S/C32H48N3O4/c1-23-21-29(37)31(26(4)25(23)3)32(38)33-24(2)17-14-12-10-9-11-13-15-20-34(22-36)39-30-19-16-18-28(27(30)5)35(6,7)8/h16,18-19,22,24,31H,9-15,17,20H2,1-8H3/p+1. The molecule has 1 aliphatic rings. The van der Waals surface area contributed by atoms with Crippen LogP contribution in [0.3, 0.4) is 0 Å². The van der Waals surface area contributed by atoms with Crippen LogP contribution in [0.25, 0.3) is 0 Å². The van der Waals surface area contributed by atoms with Crippen LogP contribution < -0.4 is 14.6 Å². The van der Waals surface area contributed by atoms with Gasteiger partial charge in [0.1, 0.15) is 11.6 Å². The summed E-state index contributed by atoms with van der Waals surface area (Å²) in [6, 6.07) is 5.99. The number of unbranched alkanes of at least 4 members (excludes halogenated alkanes) is 6. The summed E-state index contributed by atoms with van der Waals surface area (Å²) in [4.78, 5) is 42.5. The number of allylic oxidation sites excluding steroid dienone is 3. The van der Waals surface area contributed by atoms with Crippen LogP contribution in [0.2, 0.25) is 0 Å². The van der Waals surface area contributed by atoms with Crippen molar-refractivity contribution in [1.29, 1.82) is 0 Å². The van der Waals surface area contributed by atoms with E-state index in [1.165, 1.54) is 5.06 Å². The van der Waals surface area contributed by atoms with Gasteiger partial charge in [-0.05, 0) is 76.3 Å². The van der Waals surface area contributed by atoms with Crippen molar-refractivity contribution in [2.75, 3.05) is 27.7 Å². The zero-order valence-corrected chi connectivity index (χ0v) is 25.4. The molecule has 1 N–H and O–H groups in total. The molecule has 0 aromatic heterocycles. The van der Waals surface area contributed by atoms with Crippen LogP contribution in [0.1, 0.15) is 84.6 Å². The molecule has 0 saturated carbocycles. The summed E-state index contributed by atoms with van der Waals surface area (Å²) >= 11 is 0. The number of nitrogens with one attached hydrogen (secondary N) is 1. The molecule has 0 saturated heterocycles. The molecule has 7 nitrogen and oxygen atoms in total. The molecule has 2 amide bonds. The Morgan fingerprint density at radius 2 is 1.67 bits per heavy atom. The van der Waals surface area contributed by atoms with Crippen LogP contribution in [0, 0.1) is 18.9 Å². The zero-order valence-electron chi connectivity index (χ0n) is 25.4. The summed E-state index contributed by atoms with van der Waals surface area (Å²) < 4.78 is 0.687. The number of quaternary nitrogens is 1. The van der Waals surface area contributed by atoms with Crippen molar-refractivity contribution in [3.8, 4) is 5.75 Å². The summed E-state index contributed by atoms with van der Waals surface area (Å²) in [5.74, 6) is -0.481. The van der Waals surface area contributed by atoms with E-state index in [0.717, 1.165) is 91.5 Å². The van der Waals surface area contributed by atoms with E-state index < -0.39 is 5.92 Å². The Labute approximate surface area is 235 Å². The summed E-state index contributed by atoms with van der Waals surface area (Å²) in [5, 5.41) is 4.42. The fourth-order valence-electron chi connectivity index (χ4n) is 5.05. The molecule has 1 radical (unpaired) electrons. The van der Waals surface area contributed by atoms with E-state index in [0.29, 0.717) is 11.0 Å². The summed E-state index contributed by atoms with van der Waals surface area (Å²) in [6.07, 6.45) is 12.0. The highest BCUT2D eigenvalue weighted by atomic mass is 16.7. The number of hydrogen-bond donors (Lipinski definition) is 1. The first-order valence-corrected chi connectivity index (χ1v) is 14.3. The van der Waals surface area contributed by atoms with Gasteiger partial charge >= 0.3 is 0 Å². The van der Waals surface area contributed by atoms with Gasteiger partial charge in [0.05, 0.1) is 33.3 Å². The van der Waals surface area contributed by atoms with Crippen molar-refractivity contribution in [2.45, 2.75) is 92.0 Å². The normalized spacial score (nSPS) is 16.6. The molecule has 0 fully saturated rings. The topological polar surface area (TPSA) is 75.7 Å². The van der Waals surface area contributed by atoms with E-state index in [1.807, 2.05) is 46.8 Å². The predicted molar refractivity (Wildman–Crippen MR) is 158 cm³/mol. The Hall–Kier alpha value is -2.93. The summed E-state index contributed by atoms with van der Waals surface area (Å²) in [7, 11) is 6.33. The summed E-state index contributed by atoms with van der Waals surface area (Å²) in [5.41, 5.74) is 4.83. The summed E-state index contributed by atoms with van der Waals surface area (Å²) in [6.45, 7) is 10.3. The predicted octanol–water partition coefficient (Wildman–Crippen LogP) is 5.85. The largest absolute Gasteiger partial charge is 0.377 e. The molecule has 0 aliphatic heterocycles. The maximum atomic E-state index is 12.7. The molecule has 215 valence electrons. The number of Topliss-reactive ketones (excluding diaryl/α,β-unsaturated/α-hetero) is 1. The number of carbonyl (C=O) groups excluding carboxylic acids is 3. The van der Waals surface area contributed by atoms with Crippen molar-refractivity contribution >= 4 is 23.8 Å². The monoisotopic (exact) mass is 539 g/mol. The average molecular weight is 540 g/mol. The smallest absolute Gasteiger partial charge is 0.242 e. The van der Waals surface area contributed by atoms with Gasteiger partial charge in [0.2, 0.25) is 12.3 Å². The molecule has 2 unspecified atom stereocenters. The van der Waals surface area contributed by atoms with Gasteiger partial charge in [0.15, 0.2) is 11.5 Å². The molecule has 1 aromatic carbocycles. The lowest BCUT2D eigenvalue weighted by molar-refractivity contribution is -0.142. The van der Waals surface area contributed by atoms with Crippen molar-refractivity contribution in [1.82, 2.24) is 14.9 Å². The lowest BCUT2D eigenvalue weighted by atomic mass is 9.83. The van der Waals surface area contributed by atoms with E-state index in [2.05, 4.69) is 38.6 Å². The minimum atomic E-state index is -0.742. The van der Waals surface area contributed by atoms with E-state index >= 15 is 0 Å². The molecule has 0 spiro atoms. The van der Waals surface area contributed by atoms with Gasteiger partial charge < -0.3 is 10.2 Å². The van der Waals surface area contributed by atoms with Gasteiger partial charge in [-0.25, -0.2) is 0 Å². The first-order valence-electron chi connectivity index (χ1n) is 14.3. The molecule has 1 aromatic rings. The molecule has 7 heteroatoms. The molecule has 39 heavy (non-hydrogen) atoms. The first kappa shape index (κ1) is 32.3. The molecular formula is C32H49N3O4+. The van der Waals surface area contributed by atoms with E-state index in [1.54, 1.807) is 0 Å². The highest BCUT2D eigenvalue weighted by Crippen LogP contribution is 2.30. The second-order valence-corrected chi connectivity index (χ2v) is 11.8. The van der Waals surface area contributed by atoms with Crippen LogP contribution in [0.4, 0.5) is 5.69 Å². The van der Waals surface area contributed by atoms with Crippen molar-refractivity contribution in [3.05, 3.63) is 46.6 Å². The second-order valence-electron chi connectivity index (χ2n) is 11.8. The van der Waals surface area contributed by atoms with Crippen LogP contribution in [0.15, 0.2) is 34.9 Å². The lowest BCUT2D eigenvalue weighted by Gasteiger charge is -2.27. The number of amides is 2. The van der Waals surface area contributed by atoms with Gasteiger partial charge in [0.25, 0.3) is 0 Å². The third kappa shape index (κ3) is 9.64. The molecule has 2 atom stereocenters. The second kappa shape index (κ2) is 15.0. The Bertz CT molecular complexity index is 1070. The van der Waals surface area contributed by atoms with E-state index in [4.69, 9.17) is 4.84 Å². The van der Waals surface area contributed by atoms with Crippen molar-refractivity contribution in [3.63, 3.8) is 0 Å². The molecule has 2 rings (SSSR count). The third-order valence-electron chi connectivity index (χ3n) is 7.64. The van der Waals surface area contributed by atoms with Crippen LogP contribution in [-0.4, -0.2) is 56.9 Å². The van der Waals surface area contributed by atoms with Gasteiger partial charge in [-0.15, -0.1) is 0 Å². The van der Waals surface area contributed by atoms with Gasteiger partial charge in [-0.1, -0.05) is 44.6 Å². The van der Waals surface area contributed by atoms with Crippen molar-refractivity contribution < 1.29 is 19.2 Å². The number of hydroxylamine groups is 2. The SMILES string of the molecule is CC1=[C]C(=O)C(C(=O)NC(C)CCCCCCCCCN(C=O)Oc2cccc([N+](C)(C)C)c2C)C(C)=C1C. The number of benzene rings is 1. The number of ketones is 1. The van der Waals surface area contributed by atoms with Gasteiger partial charge in [-0.3, -0.25) is 18.9 Å². The Morgan fingerprint density at radius 3 is 2.28 bits per heavy atom. The Kier molecular flexibility index (Phi) is 12.4. The molecule has 0 bridgehead atoms. The highest BCUT2D eigenvalue weighted by Gasteiger charge is 2.32. The fraction of sp³-hybridized carbons (Fsp3) is 0.594. The van der Waals surface area contributed by atoms with Crippen LogP contribution in [0.5, 0.6) is 5.75 Å². The van der Waals surface area contributed by atoms with Crippen molar-refractivity contribution in [2.24, 2.45) is 5.92 Å². The molecule has 0 heterocycles. The maximum absolute atomic E-state index is 12.7.